The molecule has 2 atom stereocenters. The molecule has 0 N–H and O–H groups in total. The highest BCUT2D eigenvalue weighted by Gasteiger charge is 2.36. The number of hydrogen-bond donors (Lipinski definition) is 0. The van der Waals surface area contributed by atoms with Crippen LogP contribution in [0.2, 0.25) is 19.6 Å². The van der Waals surface area contributed by atoms with E-state index in [-0.39, 0.29) is 24.5 Å². The molecule has 0 aromatic heterocycles. The summed E-state index contributed by atoms with van der Waals surface area (Å²) in [5.41, 5.74) is 1.07. The van der Waals surface area contributed by atoms with Crippen molar-refractivity contribution in [3.63, 3.8) is 0 Å². The van der Waals surface area contributed by atoms with Crippen molar-refractivity contribution in [3.05, 3.63) is 60.4 Å². The van der Waals surface area contributed by atoms with Gasteiger partial charge in [0, 0.05) is 0 Å². The molecule has 0 bridgehead atoms. The molecular weight excluding hydrogens is 358 g/mol. The maximum atomic E-state index is 12.5. The first-order valence-corrected chi connectivity index (χ1v) is 12.7. The second-order valence-corrected chi connectivity index (χ2v) is 12.3. The zero-order valence-corrected chi connectivity index (χ0v) is 17.6. The minimum atomic E-state index is -1.56. The smallest absolute Gasteiger partial charge is 0.417 e. The van der Waals surface area contributed by atoms with Gasteiger partial charge in [0.25, 0.3) is 5.91 Å². The van der Waals surface area contributed by atoms with E-state index in [0.29, 0.717) is 12.8 Å². The van der Waals surface area contributed by atoms with Crippen molar-refractivity contribution in [3.8, 4) is 0 Å². The van der Waals surface area contributed by atoms with Gasteiger partial charge in [-0.25, -0.2) is 9.69 Å². The van der Waals surface area contributed by atoms with Crippen molar-refractivity contribution in [2.45, 2.75) is 45.4 Å². The van der Waals surface area contributed by atoms with Gasteiger partial charge < -0.3 is 9.16 Å². The maximum Gasteiger partial charge on any atom is 0.417 e. The minimum Gasteiger partial charge on any atom is -0.550 e. The van der Waals surface area contributed by atoms with E-state index in [9.17, 15) is 9.59 Å². The van der Waals surface area contributed by atoms with Gasteiger partial charge in [0.1, 0.15) is 6.61 Å². The SMILES string of the molecule is C[C@@H](/C=C/O[Si](C)(C)C)C/C=C/C(=O)N1C(=O)OC[C@@H]1Cc1ccccc1. The van der Waals surface area contributed by atoms with Crippen LogP contribution in [0, 0.1) is 5.92 Å². The van der Waals surface area contributed by atoms with Crippen molar-refractivity contribution in [1.82, 2.24) is 4.90 Å². The number of ether oxygens (including phenoxy) is 1. The molecule has 1 aliphatic rings. The third kappa shape index (κ3) is 7.06. The molecule has 0 radical (unpaired) electrons. The number of carbonyl (C=O) groups is 2. The summed E-state index contributed by atoms with van der Waals surface area (Å²) in [5.74, 6) is -0.0796. The number of carbonyl (C=O) groups excluding carboxylic acids is 2. The van der Waals surface area contributed by atoms with Gasteiger partial charge in [-0.15, -0.1) is 0 Å². The van der Waals surface area contributed by atoms with Crippen LogP contribution in [-0.4, -0.2) is 37.9 Å². The first kappa shape index (κ1) is 21.0. The summed E-state index contributed by atoms with van der Waals surface area (Å²) in [6.07, 6.45) is 7.76. The molecule has 27 heavy (non-hydrogen) atoms. The standard InChI is InChI=1S/C21H29NO4Si/c1-17(13-14-26-27(2,3)4)9-8-12-20(23)22-19(16-25-21(22)24)15-18-10-6-5-7-11-18/h5-8,10-14,17,19H,9,15-16H2,1-4H3/b12-8+,14-13+/t17-,19+/m1/s1. The third-order valence-corrected chi connectivity index (χ3v) is 4.95. The highest BCUT2D eigenvalue weighted by molar-refractivity contribution is 6.69. The predicted octanol–water partition coefficient (Wildman–Crippen LogP) is 4.52. The topological polar surface area (TPSA) is 55.8 Å². The molecule has 1 heterocycles. The van der Waals surface area contributed by atoms with Gasteiger partial charge in [-0.3, -0.25) is 4.79 Å². The van der Waals surface area contributed by atoms with Gasteiger partial charge in [-0.05, 0) is 56.1 Å². The average molecular weight is 388 g/mol. The van der Waals surface area contributed by atoms with Gasteiger partial charge >= 0.3 is 6.09 Å². The largest absolute Gasteiger partial charge is 0.550 e. The second kappa shape index (κ2) is 9.55. The van der Waals surface area contributed by atoms with Crippen molar-refractivity contribution < 1.29 is 18.8 Å². The van der Waals surface area contributed by atoms with Crippen LogP contribution in [-0.2, 0) is 20.4 Å². The Labute approximate surface area is 162 Å². The second-order valence-electron chi connectivity index (χ2n) is 7.80. The normalized spacial score (nSPS) is 18.9. The first-order chi connectivity index (χ1) is 12.8. The number of amides is 2. The molecule has 1 saturated heterocycles. The highest BCUT2D eigenvalue weighted by Crippen LogP contribution is 2.18. The lowest BCUT2D eigenvalue weighted by Crippen LogP contribution is -2.39. The average Bonchev–Trinajstić information content (AvgIpc) is 2.95. The minimum absolute atomic E-state index is 0.237. The van der Waals surface area contributed by atoms with Gasteiger partial charge in [0.15, 0.2) is 0 Å². The van der Waals surface area contributed by atoms with Crippen LogP contribution in [0.25, 0.3) is 0 Å². The van der Waals surface area contributed by atoms with Crippen LogP contribution in [0.1, 0.15) is 18.9 Å². The van der Waals surface area contributed by atoms with Crippen LogP contribution < -0.4 is 0 Å². The number of benzene rings is 1. The lowest BCUT2D eigenvalue weighted by atomic mass is 10.1. The number of hydrogen-bond acceptors (Lipinski definition) is 4. The summed E-state index contributed by atoms with van der Waals surface area (Å²) in [4.78, 5) is 25.7. The summed E-state index contributed by atoms with van der Waals surface area (Å²) >= 11 is 0. The number of imide groups is 1. The summed E-state index contributed by atoms with van der Waals surface area (Å²) in [5, 5.41) is 0. The third-order valence-electron chi connectivity index (χ3n) is 4.11. The van der Waals surface area contributed by atoms with Crippen molar-refractivity contribution in [2.24, 2.45) is 5.92 Å². The van der Waals surface area contributed by atoms with E-state index in [4.69, 9.17) is 9.16 Å². The predicted molar refractivity (Wildman–Crippen MR) is 109 cm³/mol. The highest BCUT2D eigenvalue weighted by atomic mass is 28.4. The van der Waals surface area contributed by atoms with Crippen LogP contribution in [0.5, 0.6) is 0 Å². The fourth-order valence-electron chi connectivity index (χ4n) is 2.69. The fourth-order valence-corrected chi connectivity index (χ4v) is 3.17. The van der Waals surface area contributed by atoms with Gasteiger partial charge in [-0.1, -0.05) is 43.3 Å². The molecule has 1 aromatic rings. The molecule has 0 aliphatic carbocycles. The Morgan fingerprint density at radius 2 is 2.04 bits per heavy atom. The van der Waals surface area contributed by atoms with E-state index < -0.39 is 14.4 Å². The van der Waals surface area contributed by atoms with Crippen molar-refractivity contribution in [2.75, 3.05) is 6.61 Å². The molecular formula is C21H29NO4Si. The Morgan fingerprint density at radius 1 is 1.33 bits per heavy atom. The molecule has 1 aromatic carbocycles. The molecule has 1 fully saturated rings. The molecule has 2 rings (SSSR count). The molecule has 0 unspecified atom stereocenters. The Hall–Kier alpha value is -2.34. The van der Waals surface area contributed by atoms with Gasteiger partial charge in [0.05, 0.1) is 12.3 Å². The monoisotopic (exact) mass is 387 g/mol. The molecule has 146 valence electrons. The lowest BCUT2D eigenvalue weighted by molar-refractivity contribution is -0.124. The molecule has 0 saturated carbocycles. The molecule has 2 amide bonds. The first-order valence-electron chi connectivity index (χ1n) is 9.31. The zero-order valence-electron chi connectivity index (χ0n) is 16.6. The zero-order chi connectivity index (χ0) is 19.9. The number of cyclic esters (lactones) is 1. The summed E-state index contributed by atoms with van der Waals surface area (Å²) in [6.45, 7) is 8.67. The molecule has 5 nitrogen and oxygen atoms in total. The van der Waals surface area contributed by atoms with Crippen molar-refractivity contribution >= 4 is 20.3 Å². The van der Waals surface area contributed by atoms with Crippen LogP contribution in [0.4, 0.5) is 4.79 Å². The van der Waals surface area contributed by atoms with E-state index in [1.807, 2.05) is 36.4 Å². The van der Waals surface area contributed by atoms with Gasteiger partial charge in [0.2, 0.25) is 8.32 Å². The Bertz CT molecular complexity index is 694. The van der Waals surface area contributed by atoms with Crippen LogP contribution in [0.15, 0.2) is 54.8 Å². The molecule has 6 heteroatoms. The van der Waals surface area contributed by atoms with E-state index in [1.54, 1.807) is 12.3 Å². The van der Waals surface area contributed by atoms with E-state index in [0.717, 1.165) is 5.56 Å². The molecule has 1 aliphatic heterocycles. The summed E-state index contributed by atoms with van der Waals surface area (Å²) in [7, 11) is -1.56. The summed E-state index contributed by atoms with van der Waals surface area (Å²) in [6, 6.07) is 9.53. The van der Waals surface area contributed by atoms with Gasteiger partial charge in [-0.2, -0.15) is 0 Å². The molecule has 0 spiro atoms. The van der Waals surface area contributed by atoms with E-state index in [2.05, 4.69) is 26.6 Å². The Kier molecular flexibility index (Phi) is 7.42. The van der Waals surface area contributed by atoms with Crippen LogP contribution in [0.3, 0.4) is 0 Å². The number of nitrogens with zero attached hydrogens (tertiary/aromatic N) is 1. The quantitative estimate of drug-likeness (QED) is 0.374. The Balaban J connectivity index is 1.88. The summed E-state index contributed by atoms with van der Waals surface area (Å²) < 4.78 is 10.8. The number of rotatable bonds is 8. The van der Waals surface area contributed by atoms with Crippen LogP contribution >= 0.6 is 0 Å². The fraction of sp³-hybridized carbons (Fsp3) is 0.429. The number of allylic oxidation sites excluding steroid dienone is 2. The Morgan fingerprint density at radius 3 is 2.70 bits per heavy atom. The van der Waals surface area contributed by atoms with E-state index >= 15 is 0 Å². The maximum absolute atomic E-state index is 12.5. The van der Waals surface area contributed by atoms with E-state index in [1.165, 1.54) is 11.0 Å². The van der Waals surface area contributed by atoms with Crippen molar-refractivity contribution in [1.29, 1.82) is 0 Å². The lowest BCUT2D eigenvalue weighted by Gasteiger charge is -2.18.